The summed E-state index contributed by atoms with van der Waals surface area (Å²) in [6, 6.07) is 11.4. The van der Waals surface area contributed by atoms with Crippen LogP contribution in [0.1, 0.15) is 12.8 Å². The average Bonchev–Trinajstić information content (AvgIpc) is 2.51. The number of para-hydroxylation sites is 1. The maximum atomic E-state index is 3.73. The van der Waals surface area contributed by atoms with Gasteiger partial charge in [0.2, 0.25) is 0 Å². The van der Waals surface area contributed by atoms with Gasteiger partial charge in [0, 0.05) is 51.0 Å². The monoisotopic (exact) mass is 274 g/mol. The SMILES string of the molecule is CN1CCN(NC2CCN(c3ccccc3)CC2)CC1. The maximum absolute atomic E-state index is 3.73. The van der Waals surface area contributed by atoms with Gasteiger partial charge in [0.15, 0.2) is 0 Å². The summed E-state index contributed by atoms with van der Waals surface area (Å²) in [5.74, 6) is 0. The molecule has 0 unspecified atom stereocenters. The van der Waals surface area contributed by atoms with Gasteiger partial charge in [-0.1, -0.05) is 18.2 Å². The maximum Gasteiger partial charge on any atom is 0.0366 e. The van der Waals surface area contributed by atoms with E-state index < -0.39 is 0 Å². The highest BCUT2D eigenvalue weighted by molar-refractivity contribution is 5.46. The molecule has 4 heteroatoms. The van der Waals surface area contributed by atoms with Crippen LogP contribution < -0.4 is 10.3 Å². The third kappa shape index (κ3) is 3.51. The van der Waals surface area contributed by atoms with E-state index in [0.717, 1.165) is 26.2 Å². The van der Waals surface area contributed by atoms with E-state index in [1.807, 2.05) is 0 Å². The first-order chi connectivity index (χ1) is 9.81. The smallest absolute Gasteiger partial charge is 0.0366 e. The van der Waals surface area contributed by atoms with Crippen LogP contribution in [0.25, 0.3) is 0 Å². The molecule has 2 fully saturated rings. The zero-order chi connectivity index (χ0) is 13.8. The fraction of sp³-hybridized carbons (Fsp3) is 0.625. The average molecular weight is 274 g/mol. The Morgan fingerprint density at radius 3 is 2.20 bits per heavy atom. The molecule has 4 nitrogen and oxygen atoms in total. The molecule has 0 amide bonds. The van der Waals surface area contributed by atoms with Gasteiger partial charge in [0.05, 0.1) is 0 Å². The van der Waals surface area contributed by atoms with Crippen molar-refractivity contribution in [3.05, 3.63) is 30.3 Å². The number of likely N-dealkylation sites (N-methyl/N-ethyl adjacent to an activating group) is 1. The Labute approximate surface area is 122 Å². The van der Waals surface area contributed by atoms with Crippen molar-refractivity contribution in [1.82, 2.24) is 15.3 Å². The number of hydrazine groups is 1. The molecule has 20 heavy (non-hydrogen) atoms. The highest BCUT2D eigenvalue weighted by Gasteiger charge is 2.22. The summed E-state index contributed by atoms with van der Waals surface area (Å²) in [4.78, 5) is 4.90. The lowest BCUT2D eigenvalue weighted by Crippen LogP contribution is -2.55. The number of nitrogens with zero attached hydrogens (tertiary/aromatic N) is 3. The van der Waals surface area contributed by atoms with Crippen molar-refractivity contribution in [2.24, 2.45) is 0 Å². The summed E-state index contributed by atoms with van der Waals surface area (Å²) in [6.45, 7) is 6.97. The molecule has 0 atom stereocenters. The lowest BCUT2D eigenvalue weighted by Gasteiger charge is -2.39. The lowest BCUT2D eigenvalue weighted by molar-refractivity contribution is 0.0813. The number of nitrogens with one attached hydrogen (secondary N) is 1. The van der Waals surface area contributed by atoms with Crippen molar-refractivity contribution in [3.8, 4) is 0 Å². The van der Waals surface area contributed by atoms with Crippen molar-refractivity contribution < 1.29 is 0 Å². The van der Waals surface area contributed by atoms with Crippen molar-refractivity contribution in [1.29, 1.82) is 0 Å². The summed E-state index contributed by atoms with van der Waals surface area (Å²) in [5, 5.41) is 2.42. The molecule has 1 aromatic rings. The molecule has 2 aliphatic heterocycles. The largest absolute Gasteiger partial charge is 0.371 e. The molecule has 0 radical (unpaired) electrons. The molecule has 1 N–H and O–H groups in total. The second kappa shape index (κ2) is 6.57. The van der Waals surface area contributed by atoms with Gasteiger partial charge >= 0.3 is 0 Å². The zero-order valence-electron chi connectivity index (χ0n) is 12.5. The number of hydrogen-bond acceptors (Lipinski definition) is 4. The van der Waals surface area contributed by atoms with Gasteiger partial charge < -0.3 is 9.80 Å². The van der Waals surface area contributed by atoms with Gasteiger partial charge in [-0.3, -0.25) is 5.43 Å². The minimum Gasteiger partial charge on any atom is -0.371 e. The zero-order valence-corrected chi connectivity index (χ0v) is 12.5. The van der Waals surface area contributed by atoms with Crippen molar-refractivity contribution in [2.45, 2.75) is 18.9 Å². The van der Waals surface area contributed by atoms with Crippen LogP contribution in [0.2, 0.25) is 0 Å². The van der Waals surface area contributed by atoms with Gasteiger partial charge in [-0.25, -0.2) is 5.01 Å². The molecule has 2 saturated heterocycles. The van der Waals surface area contributed by atoms with E-state index in [2.05, 4.69) is 57.6 Å². The van der Waals surface area contributed by atoms with E-state index in [1.54, 1.807) is 0 Å². The van der Waals surface area contributed by atoms with Crippen molar-refractivity contribution >= 4 is 5.69 Å². The van der Waals surface area contributed by atoms with Crippen LogP contribution in [0.15, 0.2) is 30.3 Å². The Morgan fingerprint density at radius 1 is 0.900 bits per heavy atom. The van der Waals surface area contributed by atoms with Crippen LogP contribution in [-0.2, 0) is 0 Å². The van der Waals surface area contributed by atoms with E-state index in [4.69, 9.17) is 0 Å². The summed E-state index contributed by atoms with van der Waals surface area (Å²) in [7, 11) is 2.20. The van der Waals surface area contributed by atoms with Gasteiger partial charge in [0.1, 0.15) is 0 Å². The number of hydrogen-bond donors (Lipinski definition) is 1. The van der Waals surface area contributed by atoms with Crippen LogP contribution in [-0.4, -0.2) is 62.3 Å². The van der Waals surface area contributed by atoms with Gasteiger partial charge in [-0.05, 0) is 32.0 Å². The number of piperazine rings is 1. The lowest BCUT2D eigenvalue weighted by atomic mass is 10.0. The molecule has 0 saturated carbocycles. The molecular formula is C16H26N4. The van der Waals surface area contributed by atoms with Crippen LogP contribution in [0, 0.1) is 0 Å². The molecule has 0 spiro atoms. The third-order valence-corrected chi connectivity index (χ3v) is 4.48. The number of rotatable bonds is 3. The van der Waals surface area contributed by atoms with Crippen LogP contribution in [0.4, 0.5) is 5.69 Å². The Hall–Kier alpha value is -1.10. The van der Waals surface area contributed by atoms with Crippen LogP contribution in [0.5, 0.6) is 0 Å². The molecule has 1 aromatic carbocycles. The molecular weight excluding hydrogens is 248 g/mol. The summed E-state index contributed by atoms with van der Waals surface area (Å²) in [6.07, 6.45) is 2.47. The first-order valence-corrected chi connectivity index (χ1v) is 7.81. The van der Waals surface area contributed by atoms with E-state index in [9.17, 15) is 0 Å². The Morgan fingerprint density at radius 2 is 1.55 bits per heavy atom. The summed E-state index contributed by atoms with van der Waals surface area (Å²) >= 11 is 0. The number of piperidine rings is 1. The number of anilines is 1. The predicted molar refractivity (Wildman–Crippen MR) is 83.9 cm³/mol. The fourth-order valence-electron chi connectivity index (χ4n) is 3.10. The second-order valence-electron chi connectivity index (χ2n) is 6.02. The first-order valence-electron chi connectivity index (χ1n) is 7.81. The van der Waals surface area contributed by atoms with Crippen LogP contribution >= 0.6 is 0 Å². The van der Waals surface area contributed by atoms with E-state index >= 15 is 0 Å². The van der Waals surface area contributed by atoms with Gasteiger partial charge in [-0.2, -0.15) is 0 Å². The number of benzene rings is 1. The Kier molecular flexibility index (Phi) is 4.55. The van der Waals surface area contributed by atoms with Gasteiger partial charge in [0.25, 0.3) is 0 Å². The molecule has 3 rings (SSSR count). The quantitative estimate of drug-likeness (QED) is 0.899. The first kappa shape index (κ1) is 13.9. The highest BCUT2D eigenvalue weighted by atomic mass is 15.5. The Bertz CT molecular complexity index is 392. The summed E-state index contributed by atoms with van der Waals surface area (Å²) in [5.41, 5.74) is 5.10. The van der Waals surface area contributed by atoms with Crippen molar-refractivity contribution in [3.63, 3.8) is 0 Å². The molecule has 0 aromatic heterocycles. The minimum absolute atomic E-state index is 0.651. The molecule has 2 aliphatic rings. The highest BCUT2D eigenvalue weighted by Crippen LogP contribution is 2.19. The second-order valence-corrected chi connectivity index (χ2v) is 6.02. The molecule has 2 heterocycles. The third-order valence-electron chi connectivity index (χ3n) is 4.48. The molecule has 110 valence electrons. The Balaban J connectivity index is 1.44. The van der Waals surface area contributed by atoms with E-state index in [1.165, 1.54) is 31.6 Å². The van der Waals surface area contributed by atoms with Crippen LogP contribution in [0.3, 0.4) is 0 Å². The van der Waals surface area contributed by atoms with Crippen molar-refractivity contribution in [2.75, 3.05) is 51.2 Å². The van der Waals surface area contributed by atoms with E-state index in [0.29, 0.717) is 6.04 Å². The van der Waals surface area contributed by atoms with Gasteiger partial charge in [-0.15, -0.1) is 0 Å². The molecule has 0 bridgehead atoms. The predicted octanol–water partition coefficient (Wildman–Crippen LogP) is 1.41. The standard InChI is InChI=1S/C16H26N4/c1-18-11-13-20(14-12-18)17-15-7-9-19(10-8-15)16-5-3-2-4-6-16/h2-6,15,17H,7-14H2,1H3. The molecule has 0 aliphatic carbocycles. The summed E-state index contributed by atoms with van der Waals surface area (Å²) < 4.78 is 0. The minimum atomic E-state index is 0.651. The fourth-order valence-corrected chi connectivity index (χ4v) is 3.10. The normalized spacial score (nSPS) is 23.1. The topological polar surface area (TPSA) is 21.8 Å². The van der Waals surface area contributed by atoms with E-state index in [-0.39, 0.29) is 0 Å².